The second kappa shape index (κ2) is 2.49. The first-order valence-corrected chi connectivity index (χ1v) is 3.85. The summed E-state index contributed by atoms with van der Waals surface area (Å²) in [6.45, 7) is -0.951. The van der Waals surface area contributed by atoms with E-state index in [1.807, 2.05) is 0 Å². The first kappa shape index (κ1) is 6.58. The lowest BCUT2D eigenvalue weighted by Gasteiger charge is -2.20. The van der Waals surface area contributed by atoms with Gasteiger partial charge >= 0.3 is 0 Å². The number of rotatable bonds is 0. The van der Waals surface area contributed by atoms with E-state index in [0.29, 0.717) is 0 Å². The zero-order valence-corrected chi connectivity index (χ0v) is 5.82. The second-order valence-electron chi connectivity index (χ2n) is 2.94. The Bertz CT molecular complexity index is 112. The van der Waals surface area contributed by atoms with Gasteiger partial charge in [0.15, 0.2) is 0 Å². The number of aliphatic hydroxyl groups is 1. The van der Waals surface area contributed by atoms with Crippen LogP contribution in [0.25, 0.3) is 0 Å². The van der Waals surface area contributed by atoms with Crippen molar-refractivity contribution in [2.45, 2.75) is 44.4 Å². The molecule has 1 N–H and O–H groups in total. The summed E-state index contributed by atoms with van der Waals surface area (Å²) in [5.41, 5.74) is 0. The van der Waals surface area contributed by atoms with Gasteiger partial charge in [-0.05, 0) is 12.8 Å². The maximum atomic E-state index is 8.92. The van der Waals surface area contributed by atoms with Gasteiger partial charge in [-0.1, -0.05) is 12.8 Å². The number of aliphatic hydroxyl groups excluding tert-OH is 1. The summed E-state index contributed by atoms with van der Waals surface area (Å²) >= 11 is 0. The zero-order chi connectivity index (χ0) is 6.97. The molecule has 1 saturated heterocycles. The van der Waals surface area contributed by atoms with Crippen LogP contribution in [-0.4, -0.2) is 23.8 Å². The van der Waals surface area contributed by atoms with E-state index in [0.717, 1.165) is 12.8 Å². The van der Waals surface area contributed by atoms with Gasteiger partial charge in [-0.3, -0.25) is 0 Å². The van der Waals surface area contributed by atoms with Crippen LogP contribution < -0.4 is 0 Å². The van der Waals surface area contributed by atoms with Crippen LogP contribution in [0.2, 0.25) is 0 Å². The van der Waals surface area contributed by atoms with E-state index in [9.17, 15) is 0 Å². The van der Waals surface area contributed by atoms with Crippen molar-refractivity contribution in [3.05, 3.63) is 0 Å². The van der Waals surface area contributed by atoms with Gasteiger partial charge < -0.3 is 14.6 Å². The summed E-state index contributed by atoms with van der Waals surface area (Å²) < 4.78 is 10.2. The monoisotopic (exact) mass is 144 g/mol. The quantitative estimate of drug-likeness (QED) is 0.541. The smallest absolute Gasteiger partial charge is 0.269 e. The van der Waals surface area contributed by atoms with Crippen LogP contribution in [-0.2, 0) is 9.47 Å². The highest BCUT2D eigenvalue weighted by Gasteiger charge is 2.36. The molecular weight excluding hydrogens is 132 g/mol. The molecule has 10 heavy (non-hydrogen) atoms. The highest BCUT2D eigenvalue weighted by atomic mass is 16.8. The standard InChI is InChI=1S/C7H12O3/c8-7-9-5-3-1-2-4-6(5)10-7/h5-8H,1-4H2. The number of fused-ring (bicyclic) bond motifs is 1. The van der Waals surface area contributed by atoms with Crippen LogP contribution in [0.15, 0.2) is 0 Å². The molecule has 0 aromatic heterocycles. The number of ether oxygens (including phenoxy) is 2. The van der Waals surface area contributed by atoms with Gasteiger partial charge in [0.2, 0.25) is 0 Å². The average molecular weight is 144 g/mol. The fourth-order valence-electron chi connectivity index (χ4n) is 1.71. The van der Waals surface area contributed by atoms with Gasteiger partial charge in [0, 0.05) is 0 Å². The Morgan fingerprint density at radius 1 is 1.00 bits per heavy atom. The third kappa shape index (κ3) is 1.05. The molecule has 2 rings (SSSR count). The van der Waals surface area contributed by atoms with E-state index in [-0.39, 0.29) is 12.2 Å². The first-order valence-electron chi connectivity index (χ1n) is 3.85. The Morgan fingerprint density at radius 2 is 1.50 bits per heavy atom. The molecule has 3 nitrogen and oxygen atoms in total. The Hall–Kier alpha value is -0.120. The van der Waals surface area contributed by atoms with Crippen LogP contribution in [0.1, 0.15) is 25.7 Å². The minimum absolute atomic E-state index is 0.170. The van der Waals surface area contributed by atoms with E-state index in [4.69, 9.17) is 14.6 Å². The summed E-state index contributed by atoms with van der Waals surface area (Å²) in [5.74, 6) is 0. The minimum Gasteiger partial charge on any atom is -0.346 e. The van der Waals surface area contributed by atoms with Crippen LogP contribution in [0.5, 0.6) is 0 Å². The summed E-state index contributed by atoms with van der Waals surface area (Å²) in [6, 6.07) is 0. The van der Waals surface area contributed by atoms with Gasteiger partial charge in [-0.15, -0.1) is 0 Å². The summed E-state index contributed by atoms with van der Waals surface area (Å²) in [7, 11) is 0. The maximum Gasteiger partial charge on any atom is 0.269 e. The van der Waals surface area contributed by atoms with Crippen molar-refractivity contribution in [3.63, 3.8) is 0 Å². The van der Waals surface area contributed by atoms with Crippen molar-refractivity contribution in [2.24, 2.45) is 0 Å². The van der Waals surface area contributed by atoms with Gasteiger partial charge in [0.05, 0.1) is 12.2 Å². The first-order chi connectivity index (χ1) is 4.86. The van der Waals surface area contributed by atoms with E-state index >= 15 is 0 Å². The van der Waals surface area contributed by atoms with Crippen LogP contribution >= 0.6 is 0 Å². The molecule has 0 radical (unpaired) electrons. The molecule has 0 aromatic rings. The van der Waals surface area contributed by atoms with Crippen LogP contribution in [0.4, 0.5) is 0 Å². The Kier molecular flexibility index (Phi) is 1.64. The largest absolute Gasteiger partial charge is 0.346 e. The summed E-state index contributed by atoms with van der Waals surface area (Å²) in [6.07, 6.45) is 4.84. The zero-order valence-electron chi connectivity index (χ0n) is 5.82. The molecule has 3 heteroatoms. The Morgan fingerprint density at radius 3 is 2.00 bits per heavy atom. The molecule has 1 saturated carbocycles. The average Bonchev–Trinajstić information content (AvgIpc) is 2.27. The molecule has 0 spiro atoms. The minimum atomic E-state index is -0.951. The molecule has 0 amide bonds. The Labute approximate surface area is 59.9 Å². The predicted molar refractivity (Wildman–Crippen MR) is 34.2 cm³/mol. The van der Waals surface area contributed by atoms with Gasteiger partial charge in [0.1, 0.15) is 0 Å². The second-order valence-corrected chi connectivity index (χ2v) is 2.94. The summed E-state index contributed by atoms with van der Waals surface area (Å²) in [4.78, 5) is 0. The highest BCUT2D eigenvalue weighted by Crippen LogP contribution is 2.30. The summed E-state index contributed by atoms with van der Waals surface area (Å²) in [5, 5.41) is 8.92. The molecule has 1 aliphatic heterocycles. The van der Waals surface area contributed by atoms with Crippen molar-refractivity contribution in [1.82, 2.24) is 0 Å². The fourth-order valence-corrected chi connectivity index (χ4v) is 1.71. The van der Waals surface area contributed by atoms with Gasteiger partial charge in [0.25, 0.3) is 6.48 Å². The lowest BCUT2D eigenvalue weighted by molar-refractivity contribution is -0.209. The van der Waals surface area contributed by atoms with E-state index in [1.165, 1.54) is 12.8 Å². The molecule has 1 heterocycles. The van der Waals surface area contributed by atoms with Crippen LogP contribution in [0.3, 0.4) is 0 Å². The van der Waals surface area contributed by atoms with Crippen molar-refractivity contribution < 1.29 is 14.6 Å². The maximum absolute atomic E-state index is 8.92. The third-order valence-electron chi connectivity index (χ3n) is 2.22. The third-order valence-corrected chi connectivity index (χ3v) is 2.22. The topological polar surface area (TPSA) is 38.7 Å². The van der Waals surface area contributed by atoms with Crippen molar-refractivity contribution >= 4 is 0 Å². The number of hydrogen-bond donors (Lipinski definition) is 1. The van der Waals surface area contributed by atoms with E-state index in [1.54, 1.807) is 0 Å². The molecule has 2 unspecified atom stereocenters. The molecule has 2 fully saturated rings. The molecule has 58 valence electrons. The van der Waals surface area contributed by atoms with E-state index in [2.05, 4.69) is 0 Å². The van der Waals surface area contributed by atoms with Gasteiger partial charge in [-0.2, -0.15) is 0 Å². The molecule has 0 aromatic carbocycles. The molecule has 2 aliphatic rings. The van der Waals surface area contributed by atoms with Crippen molar-refractivity contribution in [3.8, 4) is 0 Å². The van der Waals surface area contributed by atoms with Crippen molar-refractivity contribution in [2.75, 3.05) is 0 Å². The normalized spacial score (nSPS) is 47.1. The highest BCUT2D eigenvalue weighted by molar-refractivity contribution is 4.79. The Balaban J connectivity index is 1.97. The molecule has 2 atom stereocenters. The molecule has 1 aliphatic carbocycles. The molecule has 0 bridgehead atoms. The fraction of sp³-hybridized carbons (Fsp3) is 1.00. The van der Waals surface area contributed by atoms with Gasteiger partial charge in [-0.25, -0.2) is 0 Å². The van der Waals surface area contributed by atoms with E-state index < -0.39 is 6.48 Å². The predicted octanol–water partition coefficient (Wildman–Crippen LogP) is 0.620. The van der Waals surface area contributed by atoms with Crippen molar-refractivity contribution in [1.29, 1.82) is 0 Å². The number of hydrogen-bond acceptors (Lipinski definition) is 3. The molecular formula is C7H12O3. The lowest BCUT2D eigenvalue weighted by Crippen LogP contribution is -2.25. The van der Waals surface area contributed by atoms with Crippen LogP contribution in [0, 0.1) is 0 Å². The SMILES string of the molecule is OC1OC2CCCCC2O1. The lowest BCUT2D eigenvalue weighted by atomic mass is 9.95.